The largest absolute Gasteiger partial charge is 0.481 e. The summed E-state index contributed by atoms with van der Waals surface area (Å²) in [6, 6.07) is 11.2. The van der Waals surface area contributed by atoms with E-state index in [9.17, 15) is 13.2 Å². The lowest BCUT2D eigenvalue weighted by Crippen LogP contribution is -2.39. The second-order valence-electron chi connectivity index (χ2n) is 4.30. The number of rotatable bonds is 5. The molecule has 6 nitrogen and oxygen atoms in total. The predicted octanol–water partition coefficient (Wildman–Crippen LogP) is 1.89. The molecule has 0 saturated heterocycles. The molecule has 0 spiro atoms. The minimum absolute atomic E-state index is 0.0551. The van der Waals surface area contributed by atoms with Gasteiger partial charge in [-0.05, 0) is 36.6 Å². The molecule has 0 radical (unpaired) electrons. The van der Waals surface area contributed by atoms with E-state index in [1.165, 1.54) is 19.1 Å². The van der Waals surface area contributed by atoms with Crippen molar-refractivity contribution in [3.05, 3.63) is 47.3 Å². The molecule has 0 unspecified atom stereocenters. The predicted molar refractivity (Wildman–Crippen MR) is 80.9 cm³/mol. The Bertz CT molecular complexity index is 808. The number of benzene rings is 1. The highest BCUT2D eigenvalue weighted by atomic mass is 32.2. The minimum Gasteiger partial charge on any atom is -0.481 e. The number of hydrogen-bond acceptors (Lipinski definition) is 6. The van der Waals surface area contributed by atoms with Crippen molar-refractivity contribution in [3.63, 3.8) is 0 Å². The van der Waals surface area contributed by atoms with Crippen LogP contribution in [0.4, 0.5) is 0 Å². The Hall–Kier alpha value is -2.37. The normalized spacial score (nSPS) is 12.2. The second-order valence-corrected chi connectivity index (χ2v) is 7.16. The fourth-order valence-electron chi connectivity index (χ4n) is 1.58. The first-order chi connectivity index (χ1) is 10.4. The first-order valence-corrected chi connectivity index (χ1v) is 8.55. The van der Waals surface area contributed by atoms with Crippen LogP contribution in [0.2, 0.25) is 0 Å². The van der Waals surface area contributed by atoms with Gasteiger partial charge in [0.1, 0.15) is 9.96 Å². The Morgan fingerprint density at radius 3 is 2.77 bits per heavy atom. The molecule has 1 N–H and O–H groups in total. The van der Waals surface area contributed by atoms with Crippen LogP contribution in [0.3, 0.4) is 0 Å². The van der Waals surface area contributed by atoms with Gasteiger partial charge in [-0.3, -0.25) is 4.79 Å². The number of sulfonamides is 1. The van der Waals surface area contributed by atoms with Gasteiger partial charge in [0, 0.05) is 0 Å². The molecule has 0 fully saturated rings. The van der Waals surface area contributed by atoms with Gasteiger partial charge >= 0.3 is 0 Å². The van der Waals surface area contributed by atoms with Crippen molar-refractivity contribution in [2.24, 2.45) is 0 Å². The molecule has 1 atom stereocenters. The zero-order valence-electron chi connectivity index (χ0n) is 11.5. The third kappa shape index (κ3) is 3.84. The lowest BCUT2D eigenvalue weighted by molar-refractivity contribution is -0.125. The maximum Gasteiger partial charge on any atom is 0.274 e. The first-order valence-electron chi connectivity index (χ1n) is 6.19. The number of ether oxygens (including phenoxy) is 1. The molecule has 2 aromatic rings. The Morgan fingerprint density at radius 1 is 1.36 bits per heavy atom. The summed E-state index contributed by atoms with van der Waals surface area (Å²) in [6.45, 7) is 1.43. The van der Waals surface area contributed by atoms with E-state index in [1.54, 1.807) is 29.6 Å². The maximum absolute atomic E-state index is 11.9. The zero-order valence-corrected chi connectivity index (χ0v) is 13.1. The number of nitrogens with zero attached hydrogens (tertiary/aromatic N) is 1. The van der Waals surface area contributed by atoms with Gasteiger partial charge in [0.2, 0.25) is 0 Å². The van der Waals surface area contributed by atoms with E-state index in [1.807, 2.05) is 10.8 Å². The number of carbonyl (C=O) groups is 1. The molecule has 0 aliphatic rings. The summed E-state index contributed by atoms with van der Waals surface area (Å²) in [5.41, 5.74) is 0.385. The summed E-state index contributed by atoms with van der Waals surface area (Å²) in [5.74, 6) is -0.467. The average Bonchev–Trinajstić information content (AvgIpc) is 3.02. The second kappa shape index (κ2) is 6.60. The molecular weight excluding hydrogens is 324 g/mol. The molecule has 8 heteroatoms. The number of carbonyl (C=O) groups excluding carboxylic acids is 1. The Labute approximate surface area is 132 Å². The van der Waals surface area contributed by atoms with Crippen molar-refractivity contribution < 1.29 is 17.9 Å². The van der Waals surface area contributed by atoms with Crippen LogP contribution in [0.15, 0.2) is 46.0 Å². The van der Waals surface area contributed by atoms with Crippen LogP contribution in [0.5, 0.6) is 5.75 Å². The van der Waals surface area contributed by atoms with Gasteiger partial charge in [-0.25, -0.2) is 13.1 Å². The molecule has 1 aromatic carbocycles. The summed E-state index contributed by atoms with van der Waals surface area (Å²) < 4.78 is 31.3. The molecule has 0 bridgehead atoms. The van der Waals surface area contributed by atoms with Crippen LogP contribution >= 0.6 is 11.3 Å². The Kier molecular flexibility index (Phi) is 4.80. The summed E-state index contributed by atoms with van der Waals surface area (Å²) in [5, 5.41) is 10.4. The smallest absolute Gasteiger partial charge is 0.274 e. The van der Waals surface area contributed by atoms with Gasteiger partial charge in [-0.15, -0.1) is 11.3 Å². The summed E-state index contributed by atoms with van der Waals surface area (Å²) in [7, 11) is -3.88. The monoisotopic (exact) mass is 336 g/mol. The minimum atomic E-state index is -3.88. The van der Waals surface area contributed by atoms with Gasteiger partial charge in [0.15, 0.2) is 6.10 Å². The van der Waals surface area contributed by atoms with Gasteiger partial charge in [-0.2, -0.15) is 5.26 Å². The number of amides is 1. The molecule has 2 rings (SSSR count). The third-order valence-corrected chi connectivity index (χ3v) is 5.38. The SMILES string of the molecule is C[C@@H](Oc1cccc(C#N)c1)C(=O)NS(=O)(=O)c1cccs1. The summed E-state index contributed by atoms with van der Waals surface area (Å²) in [4.78, 5) is 11.9. The highest BCUT2D eigenvalue weighted by Gasteiger charge is 2.23. The van der Waals surface area contributed by atoms with Crippen molar-refractivity contribution in [1.82, 2.24) is 4.72 Å². The molecule has 114 valence electrons. The molecule has 0 saturated carbocycles. The van der Waals surface area contributed by atoms with Crippen LogP contribution in [-0.4, -0.2) is 20.4 Å². The topological polar surface area (TPSA) is 96.3 Å². The quantitative estimate of drug-likeness (QED) is 0.899. The average molecular weight is 336 g/mol. The molecule has 1 aromatic heterocycles. The van der Waals surface area contributed by atoms with Gasteiger partial charge < -0.3 is 4.74 Å². The van der Waals surface area contributed by atoms with E-state index in [4.69, 9.17) is 10.00 Å². The van der Waals surface area contributed by atoms with Crippen molar-refractivity contribution in [2.75, 3.05) is 0 Å². The van der Waals surface area contributed by atoms with E-state index in [2.05, 4.69) is 0 Å². The fourth-order valence-corrected chi connectivity index (χ4v) is 3.61. The lowest BCUT2D eigenvalue weighted by Gasteiger charge is -2.14. The van der Waals surface area contributed by atoms with Crippen LogP contribution in [0.1, 0.15) is 12.5 Å². The molecule has 1 amide bonds. The lowest BCUT2D eigenvalue weighted by atomic mass is 10.2. The molecule has 0 aliphatic carbocycles. The first kappa shape index (κ1) is 16.0. The highest BCUT2D eigenvalue weighted by molar-refractivity contribution is 7.92. The number of nitrogens with one attached hydrogen (secondary N) is 1. The van der Waals surface area contributed by atoms with Crippen LogP contribution in [0.25, 0.3) is 0 Å². The van der Waals surface area contributed by atoms with Crippen LogP contribution in [0, 0.1) is 11.3 Å². The van der Waals surface area contributed by atoms with Crippen molar-refractivity contribution in [3.8, 4) is 11.8 Å². The number of hydrogen-bond donors (Lipinski definition) is 1. The standard InChI is InChI=1S/C14H12N2O4S2/c1-10(20-12-5-2-4-11(8-12)9-15)14(17)16-22(18,19)13-6-3-7-21-13/h2-8,10H,1H3,(H,16,17)/t10-/m1/s1. The van der Waals surface area contributed by atoms with E-state index in [-0.39, 0.29) is 4.21 Å². The summed E-state index contributed by atoms with van der Waals surface area (Å²) >= 11 is 1.01. The van der Waals surface area contributed by atoms with E-state index < -0.39 is 22.0 Å². The molecule has 0 aliphatic heterocycles. The number of thiophene rings is 1. The maximum atomic E-state index is 11.9. The van der Waals surface area contributed by atoms with Crippen LogP contribution in [-0.2, 0) is 14.8 Å². The fraction of sp³-hybridized carbons (Fsp3) is 0.143. The summed E-state index contributed by atoms with van der Waals surface area (Å²) in [6.07, 6.45) is -1.02. The number of nitriles is 1. The molecule has 22 heavy (non-hydrogen) atoms. The van der Waals surface area contributed by atoms with Crippen LogP contribution < -0.4 is 9.46 Å². The van der Waals surface area contributed by atoms with Gasteiger partial charge in [-0.1, -0.05) is 12.1 Å². The van der Waals surface area contributed by atoms with E-state index in [0.717, 1.165) is 11.3 Å². The molecular formula is C14H12N2O4S2. The Morgan fingerprint density at radius 2 is 2.14 bits per heavy atom. The zero-order chi connectivity index (χ0) is 16.2. The van der Waals surface area contributed by atoms with Gasteiger partial charge in [0.25, 0.3) is 15.9 Å². The van der Waals surface area contributed by atoms with E-state index in [0.29, 0.717) is 11.3 Å². The highest BCUT2D eigenvalue weighted by Crippen LogP contribution is 2.17. The third-order valence-electron chi connectivity index (χ3n) is 2.64. The molecule has 1 heterocycles. The van der Waals surface area contributed by atoms with Crippen molar-refractivity contribution in [2.45, 2.75) is 17.2 Å². The van der Waals surface area contributed by atoms with Gasteiger partial charge in [0.05, 0.1) is 11.6 Å². The van der Waals surface area contributed by atoms with Crippen molar-refractivity contribution >= 4 is 27.3 Å². The van der Waals surface area contributed by atoms with E-state index >= 15 is 0 Å². The Balaban J connectivity index is 2.05. The van der Waals surface area contributed by atoms with Crippen molar-refractivity contribution in [1.29, 1.82) is 5.26 Å².